The van der Waals surface area contributed by atoms with Crippen LogP contribution in [0.1, 0.15) is 16.2 Å². The monoisotopic (exact) mass is 272 g/mol. The van der Waals surface area contributed by atoms with Crippen LogP contribution in [0.15, 0.2) is 28.7 Å². The predicted molar refractivity (Wildman–Crippen MR) is 56.5 cm³/mol. The lowest BCUT2D eigenvalue weighted by molar-refractivity contribution is -0.130. The summed E-state index contributed by atoms with van der Waals surface area (Å²) in [6.07, 6.45) is -5.76. The molecule has 0 bridgehead atoms. The molecular formula is C11H7F3N2O3. The van der Waals surface area contributed by atoms with Gasteiger partial charge in [0.2, 0.25) is 11.8 Å². The van der Waals surface area contributed by atoms with Gasteiger partial charge in [-0.15, -0.1) is 10.2 Å². The fraction of sp³-hybridized carbons (Fsp3) is 0.182. The Morgan fingerprint density at radius 1 is 1.32 bits per heavy atom. The predicted octanol–water partition coefficient (Wildman–Crippen LogP) is 2.54. The Kier molecular flexibility index (Phi) is 3.24. The third-order valence-electron chi connectivity index (χ3n) is 2.17. The van der Waals surface area contributed by atoms with Crippen molar-refractivity contribution in [1.29, 1.82) is 0 Å². The van der Waals surface area contributed by atoms with Crippen LogP contribution in [0.2, 0.25) is 0 Å². The Labute approximate surface area is 104 Å². The number of carboxylic acid groups (broad SMARTS) is 1. The maximum absolute atomic E-state index is 12.1. The van der Waals surface area contributed by atoms with E-state index in [0.29, 0.717) is 0 Å². The lowest BCUT2D eigenvalue weighted by Crippen LogP contribution is -2.11. The smallest absolute Gasteiger partial charge is 0.397 e. The van der Waals surface area contributed by atoms with Gasteiger partial charge in [-0.1, -0.05) is 6.07 Å². The van der Waals surface area contributed by atoms with Gasteiger partial charge in [-0.25, -0.2) is 4.79 Å². The van der Waals surface area contributed by atoms with Crippen molar-refractivity contribution in [2.45, 2.75) is 12.6 Å². The summed E-state index contributed by atoms with van der Waals surface area (Å²) in [4.78, 5) is 10.8. The first-order valence-corrected chi connectivity index (χ1v) is 5.08. The average Bonchev–Trinajstić information content (AvgIpc) is 2.75. The summed E-state index contributed by atoms with van der Waals surface area (Å²) >= 11 is 0. The molecule has 0 aliphatic rings. The maximum Gasteiger partial charge on any atom is 0.397 e. The second-order valence-corrected chi connectivity index (χ2v) is 3.68. The Balaban J connectivity index is 2.28. The third-order valence-corrected chi connectivity index (χ3v) is 2.17. The molecule has 0 spiro atoms. The standard InChI is InChI=1S/C11H7F3N2O3/c12-11(13,14)5-8-15-16-9(19-8)6-2-1-3-7(4-6)10(17)18/h1-4H,5H2,(H,17,18). The largest absolute Gasteiger partial charge is 0.478 e. The van der Waals surface area contributed by atoms with Crippen LogP contribution in [0.4, 0.5) is 13.2 Å². The Morgan fingerprint density at radius 2 is 2.05 bits per heavy atom. The quantitative estimate of drug-likeness (QED) is 0.929. The molecule has 0 fully saturated rings. The number of halogens is 3. The zero-order valence-corrected chi connectivity index (χ0v) is 9.31. The molecule has 0 unspecified atom stereocenters. The molecular weight excluding hydrogens is 265 g/mol. The highest BCUT2D eigenvalue weighted by atomic mass is 19.4. The van der Waals surface area contributed by atoms with Crippen molar-refractivity contribution < 1.29 is 27.5 Å². The minimum Gasteiger partial charge on any atom is -0.478 e. The third kappa shape index (κ3) is 3.30. The van der Waals surface area contributed by atoms with Crippen molar-refractivity contribution in [3.8, 4) is 11.5 Å². The first kappa shape index (κ1) is 13.1. The van der Waals surface area contributed by atoms with Crippen molar-refractivity contribution >= 4 is 5.97 Å². The molecule has 100 valence electrons. The molecule has 0 saturated carbocycles. The van der Waals surface area contributed by atoms with Gasteiger partial charge in [0.05, 0.1) is 5.56 Å². The SMILES string of the molecule is O=C(O)c1cccc(-c2nnc(CC(F)(F)F)o2)c1. The summed E-state index contributed by atoms with van der Waals surface area (Å²) in [5.74, 6) is -1.87. The number of hydrogen-bond donors (Lipinski definition) is 1. The molecule has 2 rings (SSSR count). The summed E-state index contributed by atoms with van der Waals surface area (Å²) in [6, 6.07) is 5.50. The van der Waals surface area contributed by atoms with E-state index in [1.807, 2.05) is 0 Å². The molecule has 0 atom stereocenters. The van der Waals surface area contributed by atoms with Crippen molar-refractivity contribution in [2.24, 2.45) is 0 Å². The van der Waals surface area contributed by atoms with Crippen LogP contribution in [-0.4, -0.2) is 27.4 Å². The molecule has 0 amide bonds. The number of nitrogens with zero attached hydrogens (tertiary/aromatic N) is 2. The van der Waals surface area contributed by atoms with Gasteiger partial charge in [0.1, 0.15) is 6.42 Å². The van der Waals surface area contributed by atoms with E-state index < -0.39 is 24.5 Å². The normalized spacial score (nSPS) is 11.5. The minimum absolute atomic E-state index is 0.0203. The van der Waals surface area contributed by atoms with E-state index >= 15 is 0 Å². The molecule has 5 nitrogen and oxygen atoms in total. The highest BCUT2D eigenvalue weighted by molar-refractivity contribution is 5.88. The molecule has 0 saturated heterocycles. The van der Waals surface area contributed by atoms with Gasteiger partial charge in [0.25, 0.3) is 0 Å². The fourth-order valence-electron chi connectivity index (χ4n) is 1.40. The number of alkyl halides is 3. The van der Waals surface area contributed by atoms with Gasteiger partial charge in [-0.05, 0) is 18.2 Å². The second-order valence-electron chi connectivity index (χ2n) is 3.68. The van der Waals surface area contributed by atoms with Crippen LogP contribution >= 0.6 is 0 Å². The van der Waals surface area contributed by atoms with E-state index in [1.165, 1.54) is 24.3 Å². The first-order chi connectivity index (χ1) is 8.85. The van der Waals surface area contributed by atoms with Crippen molar-refractivity contribution in [3.63, 3.8) is 0 Å². The number of benzene rings is 1. The number of rotatable bonds is 3. The van der Waals surface area contributed by atoms with Crippen LogP contribution in [-0.2, 0) is 6.42 Å². The Morgan fingerprint density at radius 3 is 2.68 bits per heavy atom. The summed E-state index contributed by atoms with van der Waals surface area (Å²) < 4.78 is 41.2. The van der Waals surface area contributed by atoms with E-state index in [-0.39, 0.29) is 17.0 Å². The van der Waals surface area contributed by atoms with E-state index in [4.69, 9.17) is 9.52 Å². The highest BCUT2D eigenvalue weighted by Gasteiger charge is 2.31. The van der Waals surface area contributed by atoms with Crippen LogP contribution in [0, 0.1) is 0 Å². The van der Waals surface area contributed by atoms with Crippen molar-refractivity contribution in [2.75, 3.05) is 0 Å². The molecule has 8 heteroatoms. The number of aromatic carboxylic acids is 1. The van der Waals surface area contributed by atoms with Gasteiger partial charge in [0.15, 0.2) is 0 Å². The minimum atomic E-state index is -4.44. The number of aromatic nitrogens is 2. The number of carbonyl (C=O) groups is 1. The van der Waals surface area contributed by atoms with E-state index in [0.717, 1.165) is 0 Å². The molecule has 0 radical (unpaired) electrons. The van der Waals surface area contributed by atoms with Crippen LogP contribution in [0.25, 0.3) is 11.5 Å². The summed E-state index contributed by atoms with van der Waals surface area (Å²) in [6.45, 7) is 0. The molecule has 0 aliphatic carbocycles. The summed E-state index contributed by atoms with van der Waals surface area (Å²) in [7, 11) is 0. The molecule has 19 heavy (non-hydrogen) atoms. The fourth-order valence-corrected chi connectivity index (χ4v) is 1.40. The van der Waals surface area contributed by atoms with Crippen LogP contribution < -0.4 is 0 Å². The lowest BCUT2D eigenvalue weighted by atomic mass is 10.1. The maximum atomic E-state index is 12.1. The van der Waals surface area contributed by atoms with Crippen molar-refractivity contribution in [1.82, 2.24) is 10.2 Å². The van der Waals surface area contributed by atoms with E-state index in [9.17, 15) is 18.0 Å². The molecule has 1 aromatic heterocycles. The lowest BCUT2D eigenvalue weighted by Gasteiger charge is -2.00. The Hall–Kier alpha value is -2.38. The highest BCUT2D eigenvalue weighted by Crippen LogP contribution is 2.24. The van der Waals surface area contributed by atoms with Gasteiger partial charge in [-0.3, -0.25) is 0 Å². The zero-order valence-electron chi connectivity index (χ0n) is 9.31. The number of carboxylic acids is 1. The van der Waals surface area contributed by atoms with E-state index in [1.54, 1.807) is 0 Å². The number of hydrogen-bond acceptors (Lipinski definition) is 4. The molecule has 1 heterocycles. The molecule has 0 aliphatic heterocycles. The van der Waals surface area contributed by atoms with Crippen LogP contribution in [0.3, 0.4) is 0 Å². The van der Waals surface area contributed by atoms with E-state index in [2.05, 4.69) is 10.2 Å². The average molecular weight is 272 g/mol. The summed E-state index contributed by atoms with van der Waals surface area (Å²) in [5, 5.41) is 15.5. The second kappa shape index (κ2) is 4.71. The molecule has 1 N–H and O–H groups in total. The zero-order chi connectivity index (χ0) is 14.0. The topological polar surface area (TPSA) is 76.2 Å². The van der Waals surface area contributed by atoms with Crippen molar-refractivity contribution in [3.05, 3.63) is 35.7 Å². The van der Waals surface area contributed by atoms with Gasteiger partial charge < -0.3 is 9.52 Å². The molecule has 2 aromatic rings. The van der Waals surface area contributed by atoms with Gasteiger partial charge in [-0.2, -0.15) is 13.2 Å². The first-order valence-electron chi connectivity index (χ1n) is 5.08. The van der Waals surface area contributed by atoms with Gasteiger partial charge >= 0.3 is 12.1 Å². The molecule has 1 aromatic carbocycles. The van der Waals surface area contributed by atoms with Gasteiger partial charge in [0, 0.05) is 5.56 Å². The van der Waals surface area contributed by atoms with Crippen LogP contribution in [0.5, 0.6) is 0 Å². The Bertz CT molecular complexity index is 607. The summed E-state index contributed by atoms with van der Waals surface area (Å²) in [5.41, 5.74) is 0.230.